The highest BCUT2D eigenvalue weighted by Gasteiger charge is 2.29. The van der Waals surface area contributed by atoms with Gasteiger partial charge in [-0.05, 0) is 41.6 Å². The standard InChI is InChI=1S/C19H14F3N5S/c20-19(21,22)28-13-7-5-12(6-8-13)11-27-16-4-2-1-3-14(16)17(26-27)15-9-10-24-18(23)25-15/h1-10H,11H2,(H2,23,24,25). The summed E-state index contributed by atoms with van der Waals surface area (Å²) in [6.45, 7) is 0.415. The molecule has 0 aliphatic heterocycles. The van der Waals surface area contributed by atoms with E-state index in [4.69, 9.17) is 5.73 Å². The van der Waals surface area contributed by atoms with Crippen LogP contribution in [0.5, 0.6) is 0 Å². The van der Waals surface area contributed by atoms with Gasteiger partial charge in [0.2, 0.25) is 5.95 Å². The zero-order valence-electron chi connectivity index (χ0n) is 14.4. The van der Waals surface area contributed by atoms with Crippen LogP contribution < -0.4 is 5.73 Å². The number of nitrogens with two attached hydrogens (primary N) is 1. The Morgan fingerprint density at radius 3 is 2.46 bits per heavy atom. The number of alkyl halides is 3. The van der Waals surface area contributed by atoms with Gasteiger partial charge in [0.25, 0.3) is 0 Å². The maximum atomic E-state index is 12.5. The zero-order valence-corrected chi connectivity index (χ0v) is 15.2. The second-order valence-corrected chi connectivity index (χ2v) is 7.15. The van der Waals surface area contributed by atoms with Gasteiger partial charge in [-0.25, -0.2) is 9.97 Å². The summed E-state index contributed by atoms with van der Waals surface area (Å²) in [7, 11) is 0. The van der Waals surface area contributed by atoms with Crippen LogP contribution in [0, 0.1) is 0 Å². The van der Waals surface area contributed by atoms with Crippen molar-refractivity contribution >= 4 is 28.6 Å². The first kappa shape index (κ1) is 18.3. The van der Waals surface area contributed by atoms with Crippen molar-refractivity contribution in [2.24, 2.45) is 0 Å². The summed E-state index contributed by atoms with van der Waals surface area (Å²) in [6, 6.07) is 15.7. The third kappa shape index (κ3) is 3.94. The van der Waals surface area contributed by atoms with Gasteiger partial charge in [-0.3, -0.25) is 4.68 Å². The van der Waals surface area contributed by atoms with Gasteiger partial charge in [-0.1, -0.05) is 30.3 Å². The van der Waals surface area contributed by atoms with E-state index in [1.807, 2.05) is 24.3 Å². The third-order valence-electron chi connectivity index (χ3n) is 4.06. The van der Waals surface area contributed by atoms with Crippen molar-refractivity contribution in [2.45, 2.75) is 16.9 Å². The van der Waals surface area contributed by atoms with E-state index in [1.165, 1.54) is 12.1 Å². The van der Waals surface area contributed by atoms with E-state index in [1.54, 1.807) is 29.1 Å². The van der Waals surface area contributed by atoms with Crippen molar-refractivity contribution in [3.63, 3.8) is 0 Å². The predicted octanol–water partition coefficient (Wildman–Crippen LogP) is 4.74. The van der Waals surface area contributed by atoms with Crippen LogP contribution in [-0.2, 0) is 6.54 Å². The first-order valence-corrected chi connectivity index (χ1v) is 9.10. The molecule has 9 heteroatoms. The molecule has 0 saturated heterocycles. The van der Waals surface area contributed by atoms with E-state index < -0.39 is 5.51 Å². The summed E-state index contributed by atoms with van der Waals surface area (Å²) >= 11 is -0.127. The number of fused-ring (bicyclic) bond motifs is 1. The molecule has 0 radical (unpaired) electrons. The molecule has 0 fully saturated rings. The molecule has 0 atom stereocenters. The highest BCUT2D eigenvalue weighted by molar-refractivity contribution is 8.00. The smallest absolute Gasteiger partial charge is 0.368 e. The van der Waals surface area contributed by atoms with Crippen molar-refractivity contribution in [3.05, 3.63) is 66.4 Å². The lowest BCUT2D eigenvalue weighted by Gasteiger charge is -2.07. The van der Waals surface area contributed by atoms with Crippen LogP contribution in [0.25, 0.3) is 22.3 Å². The van der Waals surface area contributed by atoms with E-state index in [0.29, 0.717) is 17.9 Å². The molecule has 142 valence electrons. The molecule has 0 bridgehead atoms. The van der Waals surface area contributed by atoms with Crippen molar-refractivity contribution in [1.82, 2.24) is 19.7 Å². The number of rotatable bonds is 4. The fourth-order valence-corrected chi connectivity index (χ4v) is 3.45. The van der Waals surface area contributed by atoms with Crippen molar-refractivity contribution in [2.75, 3.05) is 5.73 Å². The second-order valence-electron chi connectivity index (χ2n) is 6.02. The van der Waals surface area contributed by atoms with E-state index in [-0.39, 0.29) is 22.6 Å². The molecular formula is C19H14F3N5S. The Balaban J connectivity index is 1.68. The van der Waals surface area contributed by atoms with Crippen LogP contribution in [0.4, 0.5) is 19.1 Å². The average Bonchev–Trinajstić information content (AvgIpc) is 3.01. The van der Waals surface area contributed by atoms with E-state index in [9.17, 15) is 13.2 Å². The fourth-order valence-electron chi connectivity index (χ4n) is 2.91. The molecule has 4 rings (SSSR count). The number of anilines is 1. The number of thioether (sulfide) groups is 1. The Hall–Kier alpha value is -3.07. The summed E-state index contributed by atoms with van der Waals surface area (Å²) in [5.74, 6) is 0.161. The summed E-state index contributed by atoms with van der Waals surface area (Å²) in [4.78, 5) is 8.30. The lowest BCUT2D eigenvalue weighted by Crippen LogP contribution is -2.03. The van der Waals surface area contributed by atoms with Crippen LogP contribution in [0.2, 0.25) is 0 Å². The highest BCUT2D eigenvalue weighted by Crippen LogP contribution is 2.36. The largest absolute Gasteiger partial charge is 0.446 e. The molecule has 5 nitrogen and oxygen atoms in total. The minimum atomic E-state index is -4.30. The minimum absolute atomic E-state index is 0.127. The molecule has 2 aromatic carbocycles. The number of nitrogen functional groups attached to an aromatic ring is 1. The SMILES string of the molecule is Nc1nccc(-c2nn(Cc3ccc(SC(F)(F)F)cc3)c3ccccc23)n1. The summed E-state index contributed by atoms with van der Waals surface area (Å²) in [6.07, 6.45) is 1.57. The second kappa shape index (κ2) is 7.16. The monoisotopic (exact) mass is 401 g/mol. The molecule has 2 aromatic heterocycles. The molecule has 0 amide bonds. The molecule has 2 heterocycles. The zero-order chi connectivity index (χ0) is 19.7. The van der Waals surface area contributed by atoms with E-state index in [0.717, 1.165) is 16.5 Å². The Labute approximate surface area is 162 Å². The van der Waals surface area contributed by atoms with Gasteiger partial charge in [0.15, 0.2) is 0 Å². The Kier molecular flexibility index (Phi) is 4.68. The molecule has 0 unspecified atom stereocenters. The molecule has 28 heavy (non-hydrogen) atoms. The normalized spacial score (nSPS) is 11.8. The number of halogens is 3. The lowest BCUT2D eigenvalue weighted by molar-refractivity contribution is -0.0328. The number of hydrogen-bond acceptors (Lipinski definition) is 5. The van der Waals surface area contributed by atoms with E-state index >= 15 is 0 Å². The van der Waals surface area contributed by atoms with Crippen molar-refractivity contribution in [3.8, 4) is 11.4 Å². The lowest BCUT2D eigenvalue weighted by atomic mass is 10.1. The Bertz CT molecular complexity index is 1120. The van der Waals surface area contributed by atoms with Crippen LogP contribution in [0.15, 0.2) is 65.7 Å². The fraction of sp³-hybridized carbons (Fsp3) is 0.105. The van der Waals surface area contributed by atoms with Gasteiger partial charge in [-0.15, -0.1) is 0 Å². The first-order chi connectivity index (χ1) is 13.4. The number of hydrogen-bond donors (Lipinski definition) is 1. The third-order valence-corrected chi connectivity index (χ3v) is 4.80. The maximum Gasteiger partial charge on any atom is 0.446 e. The number of nitrogens with zero attached hydrogens (tertiary/aromatic N) is 4. The topological polar surface area (TPSA) is 69.6 Å². The molecular weight excluding hydrogens is 387 g/mol. The van der Waals surface area contributed by atoms with Gasteiger partial charge in [0.05, 0.1) is 17.8 Å². The van der Waals surface area contributed by atoms with Crippen molar-refractivity contribution in [1.29, 1.82) is 0 Å². The summed E-state index contributed by atoms with van der Waals surface area (Å²) < 4.78 is 39.3. The highest BCUT2D eigenvalue weighted by atomic mass is 32.2. The first-order valence-electron chi connectivity index (χ1n) is 8.28. The molecule has 4 aromatic rings. The summed E-state index contributed by atoms with van der Waals surface area (Å²) in [5.41, 5.74) is 4.41. The average molecular weight is 401 g/mol. The maximum absolute atomic E-state index is 12.5. The van der Waals surface area contributed by atoms with Gasteiger partial charge in [0.1, 0.15) is 5.69 Å². The van der Waals surface area contributed by atoms with Crippen LogP contribution in [0.3, 0.4) is 0 Å². The molecule has 0 spiro atoms. The minimum Gasteiger partial charge on any atom is -0.368 e. The molecule has 2 N–H and O–H groups in total. The molecule has 0 aliphatic rings. The molecule has 0 saturated carbocycles. The van der Waals surface area contributed by atoms with Gasteiger partial charge in [-0.2, -0.15) is 18.3 Å². The van der Waals surface area contributed by atoms with Gasteiger partial charge < -0.3 is 5.73 Å². The van der Waals surface area contributed by atoms with E-state index in [2.05, 4.69) is 15.1 Å². The van der Waals surface area contributed by atoms with Gasteiger partial charge >= 0.3 is 5.51 Å². The van der Waals surface area contributed by atoms with Crippen LogP contribution in [0.1, 0.15) is 5.56 Å². The van der Waals surface area contributed by atoms with Gasteiger partial charge in [0, 0.05) is 16.5 Å². The number of aromatic nitrogens is 4. The quantitative estimate of drug-likeness (QED) is 0.501. The van der Waals surface area contributed by atoms with Crippen molar-refractivity contribution < 1.29 is 13.2 Å². The van der Waals surface area contributed by atoms with Crippen LogP contribution >= 0.6 is 11.8 Å². The predicted molar refractivity (Wildman–Crippen MR) is 103 cm³/mol. The Morgan fingerprint density at radius 1 is 1.00 bits per heavy atom. The molecule has 0 aliphatic carbocycles. The number of benzene rings is 2. The van der Waals surface area contributed by atoms with Crippen LogP contribution in [-0.4, -0.2) is 25.3 Å². The summed E-state index contributed by atoms with van der Waals surface area (Å²) in [5, 5.41) is 5.57. The number of para-hydroxylation sites is 1. The Morgan fingerprint density at radius 2 is 1.75 bits per heavy atom.